The molecular weight excluding hydrogens is 507 g/mol. The molecule has 0 fully saturated rings. The van der Waals surface area contributed by atoms with Crippen LogP contribution in [0.5, 0.6) is 5.75 Å². The Morgan fingerprint density at radius 1 is 1.26 bits per heavy atom. The van der Waals surface area contributed by atoms with Gasteiger partial charge in [0.05, 0.1) is 18.8 Å². The molecule has 3 heterocycles. The largest absolute Gasteiger partial charge is 0.493 e. The van der Waals surface area contributed by atoms with E-state index < -0.39 is 23.5 Å². The molecule has 2 aromatic carbocycles. The maximum absolute atomic E-state index is 14.6. The molecule has 198 valence electrons. The third kappa shape index (κ3) is 5.00. The van der Waals surface area contributed by atoms with Gasteiger partial charge in [0.2, 0.25) is 0 Å². The van der Waals surface area contributed by atoms with Crippen LogP contribution in [0.2, 0.25) is 5.02 Å². The SMILES string of the molecule is Cc1nc2c(ccn2Cc2c(F)cccc2Cl)c(-c2ccc3c(c2)CCCO3)c1C(OC(C)(C)C)C(=O)O. The highest BCUT2D eigenvalue weighted by Gasteiger charge is 2.33. The molecule has 0 amide bonds. The lowest BCUT2D eigenvalue weighted by atomic mass is 9.90. The van der Waals surface area contributed by atoms with Crippen LogP contribution in [0.25, 0.3) is 22.2 Å². The van der Waals surface area contributed by atoms with E-state index in [0.717, 1.165) is 40.7 Å². The fraction of sp³-hybridized carbons (Fsp3) is 0.333. The minimum Gasteiger partial charge on any atom is -0.493 e. The van der Waals surface area contributed by atoms with Crippen molar-refractivity contribution in [1.29, 1.82) is 0 Å². The number of aliphatic carboxylic acids is 1. The third-order valence-corrected chi connectivity index (χ3v) is 7.04. The number of carboxylic acids is 1. The van der Waals surface area contributed by atoms with Gasteiger partial charge >= 0.3 is 5.97 Å². The summed E-state index contributed by atoms with van der Waals surface area (Å²) in [7, 11) is 0. The summed E-state index contributed by atoms with van der Waals surface area (Å²) in [6.45, 7) is 8.13. The number of aryl methyl sites for hydroxylation is 2. The van der Waals surface area contributed by atoms with Crippen LogP contribution < -0.4 is 4.74 Å². The first-order valence-electron chi connectivity index (χ1n) is 12.6. The van der Waals surface area contributed by atoms with Crippen molar-refractivity contribution in [3.63, 3.8) is 0 Å². The van der Waals surface area contributed by atoms with E-state index in [1.165, 1.54) is 6.07 Å². The average molecular weight is 537 g/mol. The molecule has 6 nitrogen and oxygen atoms in total. The zero-order chi connectivity index (χ0) is 27.2. The highest BCUT2D eigenvalue weighted by atomic mass is 35.5. The number of pyridine rings is 1. The topological polar surface area (TPSA) is 73.6 Å². The lowest BCUT2D eigenvalue weighted by molar-refractivity contribution is -0.160. The number of benzene rings is 2. The van der Waals surface area contributed by atoms with E-state index in [0.29, 0.717) is 34.1 Å². The van der Waals surface area contributed by atoms with Crippen LogP contribution in [0.1, 0.15) is 55.7 Å². The molecule has 0 saturated heterocycles. The molecule has 0 saturated carbocycles. The maximum Gasteiger partial charge on any atom is 0.337 e. The molecule has 1 N–H and O–H groups in total. The lowest BCUT2D eigenvalue weighted by Gasteiger charge is -2.28. The first-order chi connectivity index (χ1) is 18.0. The molecule has 0 bridgehead atoms. The summed E-state index contributed by atoms with van der Waals surface area (Å²) in [5.41, 5.74) is 3.94. The minimum absolute atomic E-state index is 0.180. The number of carboxylic acid groups (broad SMARTS) is 1. The maximum atomic E-state index is 14.6. The van der Waals surface area contributed by atoms with Crippen LogP contribution in [0, 0.1) is 12.7 Å². The van der Waals surface area contributed by atoms with Gasteiger partial charge < -0.3 is 19.1 Å². The van der Waals surface area contributed by atoms with Crippen LogP contribution in [-0.4, -0.2) is 32.8 Å². The number of hydrogen-bond acceptors (Lipinski definition) is 4. The summed E-state index contributed by atoms with van der Waals surface area (Å²) >= 11 is 6.32. The van der Waals surface area contributed by atoms with E-state index in [1.807, 2.05) is 49.7 Å². The Labute approximate surface area is 226 Å². The zero-order valence-electron chi connectivity index (χ0n) is 21.8. The number of fused-ring (bicyclic) bond motifs is 2. The second-order valence-corrected chi connectivity index (χ2v) is 11.0. The fourth-order valence-electron chi connectivity index (χ4n) is 5.04. The Balaban J connectivity index is 1.76. The summed E-state index contributed by atoms with van der Waals surface area (Å²) in [6, 6.07) is 12.4. The van der Waals surface area contributed by atoms with E-state index in [1.54, 1.807) is 19.1 Å². The molecule has 1 atom stereocenters. The minimum atomic E-state index is -1.24. The highest BCUT2D eigenvalue weighted by molar-refractivity contribution is 6.31. The van der Waals surface area contributed by atoms with Crippen molar-refractivity contribution in [1.82, 2.24) is 9.55 Å². The summed E-state index contributed by atoms with van der Waals surface area (Å²) in [5, 5.41) is 11.4. The van der Waals surface area contributed by atoms with Gasteiger partial charge in [-0.3, -0.25) is 0 Å². The van der Waals surface area contributed by atoms with Gasteiger partial charge in [-0.25, -0.2) is 14.2 Å². The van der Waals surface area contributed by atoms with E-state index >= 15 is 0 Å². The van der Waals surface area contributed by atoms with E-state index in [9.17, 15) is 14.3 Å². The van der Waals surface area contributed by atoms with Gasteiger partial charge in [0.1, 0.15) is 17.2 Å². The van der Waals surface area contributed by atoms with E-state index in [2.05, 4.69) is 6.07 Å². The van der Waals surface area contributed by atoms with Crippen molar-refractivity contribution in [2.24, 2.45) is 0 Å². The Morgan fingerprint density at radius 2 is 2.05 bits per heavy atom. The van der Waals surface area contributed by atoms with Crippen molar-refractivity contribution in [2.75, 3.05) is 6.61 Å². The van der Waals surface area contributed by atoms with Crippen molar-refractivity contribution < 1.29 is 23.8 Å². The molecule has 0 spiro atoms. The quantitative estimate of drug-likeness (QED) is 0.284. The second-order valence-electron chi connectivity index (χ2n) is 10.6. The number of nitrogens with zero attached hydrogens (tertiary/aromatic N) is 2. The average Bonchev–Trinajstić information content (AvgIpc) is 3.25. The zero-order valence-corrected chi connectivity index (χ0v) is 22.6. The molecule has 0 aliphatic carbocycles. The predicted molar refractivity (Wildman–Crippen MR) is 145 cm³/mol. The number of hydrogen-bond donors (Lipinski definition) is 1. The van der Waals surface area contributed by atoms with Crippen molar-refractivity contribution in [3.8, 4) is 16.9 Å². The molecule has 4 aromatic rings. The van der Waals surface area contributed by atoms with Gasteiger partial charge in [0.15, 0.2) is 6.10 Å². The first kappa shape index (κ1) is 26.2. The second kappa shape index (κ2) is 10.0. The molecule has 2 aromatic heterocycles. The van der Waals surface area contributed by atoms with Gasteiger partial charge in [0, 0.05) is 39.0 Å². The number of rotatable bonds is 6. The fourth-order valence-corrected chi connectivity index (χ4v) is 5.27. The molecule has 1 aliphatic heterocycles. The lowest BCUT2D eigenvalue weighted by Crippen LogP contribution is -2.28. The molecule has 5 rings (SSSR count). The number of halogens is 2. The number of carbonyl (C=O) groups is 1. The Morgan fingerprint density at radius 3 is 2.76 bits per heavy atom. The van der Waals surface area contributed by atoms with Crippen molar-refractivity contribution in [2.45, 2.75) is 58.8 Å². The Kier molecular flexibility index (Phi) is 6.92. The van der Waals surface area contributed by atoms with Gasteiger partial charge in [0.25, 0.3) is 0 Å². The third-order valence-electron chi connectivity index (χ3n) is 6.68. The number of ether oxygens (including phenoxy) is 2. The Bertz CT molecular complexity index is 1520. The van der Waals surface area contributed by atoms with Crippen molar-refractivity contribution >= 4 is 28.6 Å². The molecule has 8 heteroatoms. The molecule has 1 aliphatic rings. The Hall–Kier alpha value is -3.42. The van der Waals surface area contributed by atoms with Crippen LogP contribution in [0.3, 0.4) is 0 Å². The van der Waals surface area contributed by atoms with Gasteiger partial charge in [-0.1, -0.05) is 23.7 Å². The van der Waals surface area contributed by atoms with Crippen LogP contribution in [0.4, 0.5) is 4.39 Å². The van der Waals surface area contributed by atoms with Crippen LogP contribution in [0.15, 0.2) is 48.7 Å². The van der Waals surface area contributed by atoms with Gasteiger partial charge in [-0.2, -0.15) is 0 Å². The van der Waals surface area contributed by atoms with E-state index in [-0.39, 0.29) is 6.54 Å². The van der Waals surface area contributed by atoms with E-state index in [4.69, 9.17) is 26.1 Å². The highest BCUT2D eigenvalue weighted by Crippen LogP contribution is 2.41. The summed E-state index contributed by atoms with van der Waals surface area (Å²) in [4.78, 5) is 17.4. The first-order valence-corrected chi connectivity index (χ1v) is 13.0. The number of aromatic nitrogens is 2. The molecule has 1 unspecified atom stereocenters. The molecule has 0 radical (unpaired) electrons. The van der Waals surface area contributed by atoms with Gasteiger partial charge in [-0.15, -0.1) is 0 Å². The van der Waals surface area contributed by atoms with Crippen LogP contribution in [-0.2, 0) is 22.5 Å². The molecular formula is C30H30ClFN2O4. The standard InChI is InChI=1S/C30H30ClFN2O4/c1-17-25(27(29(35)36)38-30(2,3)4)26(19-10-11-24-18(15-19)7-6-14-37-24)20-12-13-34(28(20)33-17)16-21-22(31)8-5-9-23(21)32/h5,8-13,15,27H,6-7,14,16H2,1-4H3,(H,35,36). The monoisotopic (exact) mass is 536 g/mol. The summed E-state index contributed by atoms with van der Waals surface area (Å²) in [5.74, 6) is -0.646. The van der Waals surface area contributed by atoms with Crippen molar-refractivity contribution in [3.05, 3.63) is 81.9 Å². The summed E-state index contributed by atoms with van der Waals surface area (Å²) in [6.07, 6.45) is 2.38. The van der Waals surface area contributed by atoms with Crippen LogP contribution >= 0.6 is 11.6 Å². The smallest absolute Gasteiger partial charge is 0.337 e. The normalized spacial score (nSPS) is 14.3. The van der Waals surface area contributed by atoms with Gasteiger partial charge in [-0.05, 0) is 82.0 Å². The summed E-state index contributed by atoms with van der Waals surface area (Å²) < 4.78 is 28.4. The molecule has 38 heavy (non-hydrogen) atoms. The predicted octanol–water partition coefficient (Wildman–Crippen LogP) is 7.12.